The number of aromatic nitrogens is 3. The molecule has 0 spiro atoms. The van der Waals surface area contributed by atoms with Crippen LogP contribution in [0.4, 0.5) is 20.7 Å². The van der Waals surface area contributed by atoms with Gasteiger partial charge in [0.1, 0.15) is 17.3 Å². The number of rotatable bonds is 3. The van der Waals surface area contributed by atoms with E-state index in [9.17, 15) is 9.18 Å². The number of nitrogens with zero attached hydrogens (tertiary/aromatic N) is 5. The predicted molar refractivity (Wildman–Crippen MR) is 110 cm³/mol. The lowest BCUT2D eigenvalue weighted by atomic mass is 10.0. The molecule has 156 valence electrons. The first-order chi connectivity index (χ1) is 14.7. The highest BCUT2D eigenvalue weighted by Crippen LogP contribution is 2.35. The van der Waals surface area contributed by atoms with E-state index in [0.29, 0.717) is 37.6 Å². The molecule has 1 N–H and O–H groups in total. The van der Waals surface area contributed by atoms with Crippen molar-refractivity contribution in [2.75, 3.05) is 43.1 Å². The van der Waals surface area contributed by atoms with Gasteiger partial charge in [-0.05, 0) is 36.6 Å². The number of nitrogens with one attached hydrogen (secondary N) is 1. The molecule has 1 unspecified atom stereocenters. The fourth-order valence-corrected chi connectivity index (χ4v) is 4.17. The summed E-state index contributed by atoms with van der Waals surface area (Å²) >= 11 is 0. The molecule has 5 rings (SSSR count). The third kappa shape index (κ3) is 3.56. The van der Waals surface area contributed by atoms with Gasteiger partial charge in [0.05, 0.1) is 25.5 Å². The number of ether oxygens (including phenoxy) is 1. The number of carbonyl (C=O) groups excluding carboxylic acids is 1. The molecular weight excluding hydrogens is 387 g/mol. The van der Waals surface area contributed by atoms with Crippen molar-refractivity contribution in [1.29, 1.82) is 0 Å². The third-order valence-corrected chi connectivity index (χ3v) is 5.67. The zero-order valence-corrected chi connectivity index (χ0v) is 16.5. The maximum atomic E-state index is 13.7. The van der Waals surface area contributed by atoms with Crippen molar-refractivity contribution in [3.63, 3.8) is 0 Å². The molecule has 9 heteroatoms. The second kappa shape index (κ2) is 7.91. The maximum absolute atomic E-state index is 13.7. The molecular formula is C21H23FN6O2. The second-order valence-electron chi connectivity index (χ2n) is 7.55. The first kappa shape index (κ1) is 18.8. The number of anilines is 2. The number of morpholine rings is 1. The van der Waals surface area contributed by atoms with Crippen molar-refractivity contribution in [2.24, 2.45) is 0 Å². The Hall–Kier alpha value is -3.20. The number of halogens is 1. The van der Waals surface area contributed by atoms with Gasteiger partial charge in [-0.2, -0.15) is 5.10 Å². The average Bonchev–Trinajstić information content (AvgIpc) is 3.41. The minimum Gasteiger partial charge on any atom is -0.378 e. The van der Waals surface area contributed by atoms with Crippen molar-refractivity contribution in [3.05, 3.63) is 54.1 Å². The molecule has 1 atom stereocenters. The van der Waals surface area contributed by atoms with Crippen LogP contribution >= 0.6 is 0 Å². The molecule has 8 nitrogen and oxygen atoms in total. The molecule has 2 amide bonds. The van der Waals surface area contributed by atoms with E-state index in [1.807, 2.05) is 18.3 Å². The van der Waals surface area contributed by atoms with Crippen molar-refractivity contribution in [1.82, 2.24) is 19.5 Å². The van der Waals surface area contributed by atoms with Gasteiger partial charge in [-0.15, -0.1) is 0 Å². The SMILES string of the molecule is O=C(Nc1cnn2ccc(N3CCCC3c3cccc(F)c3)nc12)N1CCOCC1. The lowest BCUT2D eigenvalue weighted by Crippen LogP contribution is -2.43. The molecule has 2 fully saturated rings. The van der Waals surface area contributed by atoms with Crippen LogP contribution in [0.5, 0.6) is 0 Å². The van der Waals surface area contributed by atoms with Crippen LogP contribution in [0.25, 0.3) is 5.65 Å². The highest BCUT2D eigenvalue weighted by Gasteiger charge is 2.28. The Morgan fingerprint density at radius 2 is 2.07 bits per heavy atom. The van der Waals surface area contributed by atoms with Crippen molar-refractivity contribution >= 4 is 23.2 Å². The van der Waals surface area contributed by atoms with Crippen molar-refractivity contribution in [3.8, 4) is 0 Å². The molecule has 2 aromatic heterocycles. The van der Waals surface area contributed by atoms with Crippen molar-refractivity contribution in [2.45, 2.75) is 18.9 Å². The van der Waals surface area contributed by atoms with Crippen molar-refractivity contribution < 1.29 is 13.9 Å². The number of hydrogen-bond donors (Lipinski definition) is 1. The zero-order chi connectivity index (χ0) is 20.5. The average molecular weight is 410 g/mol. The summed E-state index contributed by atoms with van der Waals surface area (Å²) in [7, 11) is 0. The maximum Gasteiger partial charge on any atom is 0.322 e. The van der Waals surface area contributed by atoms with Crippen LogP contribution in [0.15, 0.2) is 42.7 Å². The smallest absolute Gasteiger partial charge is 0.322 e. The minimum absolute atomic E-state index is 0.0740. The summed E-state index contributed by atoms with van der Waals surface area (Å²) in [4.78, 5) is 21.3. The summed E-state index contributed by atoms with van der Waals surface area (Å²) < 4.78 is 20.7. The molecule has 30 heavy (non-hydrogen) atoms. The Labute approximate surface area is 173 Å². The molecule has 0 bridgehead atoms. The molecule has 2 aliphatic heterocycles. The first-order valence-electron chi connectivity index (χ1n) is 10.2. The largest absolute Gasteiger partial charge is 0.378 e. The normalized spacial score (nSPS) is 19.4. The van der Waals surface area contributed by atoms with Crippen LogP contribution in [0, 0.1) is 5.82 Å². The van der Waals surface area contributed by atoms with E-state index in [-0.39, 0.29) is 17.9 Å². The van der Waals surface area contributed by atoms with Gasteiger partial charge in [-0.3, -0.25) is 0 Å². The van der Waals surface area contributed by atoms with Gasteiger partial charge < -0.3 is 19.9 Å². The van der Waals surface area contributed by atoms with Gasteiger partial charge in [0.15, 0.2) is 5.65 Å². The van der Waals surface area contributed by atoms with Gasteiger partial charge in [-0.1, -0.05) is 12.1 Å². The lowest BCUT2D eigenvalue weighted by molar-refractivity contribution is 0.0565. The van der Waals surface area contributed by atoms with E-state index in [0.717, 1.165) is 30.8 Å². The summed E-state index contributed by atoms with van der Waals surface area (Å²) in [5.41, 5.74) is 2.09. The number of carbonyl (C=O) groups is 1. The molecule has 0 aliphatic carbocycles. The topological polar surface area (TPSA) is 75.0 Å². The number of hydrogen-bond acceptors (Lipinski definition) is 5. The number of urea groups is 1. The highest BCUT2D eigenvalue weighted by atomic mass is 19.1. The van der Waals surface area contributed by atoms with Crippen LogP contribution in [0.3, 0.4) is 0 Å². The van der Waals surface area contributed by atoms with Gasteiger partial charge in [0.25, 0.3) is 0 Å². The number of amides is 2. The Morgan fingerprint density at radius 3 is 2.90 bits per heavy atom. The Balaban J connectivity index is 1.41. The molecule has 0 radical (unpaired) electrons. The number of benzene rings is 1. The zero-order valence-electron chi connectivity index (χ0n) is 16.5. The third-order valence-electron chi connectivity index (χ3n) is 5.67. The van der Waals surface area contributed by atoms with E-state index in [4.69, 9.17) is 9.72 Å². The van der Waals surface area contributed by atoms with Crippen LogP contribution < -0.4 is 10.2 Å². The van der Waals surface area contributed by atoms with E-state index in [2.05, 4.69) is 15.3 Å². The van der Waals surface area contributed by atoms with Crippen LogP contribution in [-0.4, -0.2) is 58.4 Å². The van der Waals surface area contributed by atoms with E-state index in [1.165, 1.54) is 6.07 Å². The summed E-state index contributed by atoms with van der Waals surface area (Å²) in [5.74, 6) is 0.559. The Kier molecular flexibility index (Phi) is 4.96. The van der Waals surface area contributed by atoms with Crippen LogP contribution in [0.2, 0.25) is 0 Å². The summed E-state index contributed by atoms with van der Waals surface area (Å²) in [5, 5.41) is 7.22. The number of fused-ring (bicyclic) bond motifs is 1. The standard InChI is InChI=1S/C21H23FN6O2/c22-16-4-1-3-15(13-16)18-5-2-7-27(18)19-6-8-28-20(25-19)17(14-23-28)24-21(29)26-9-11-30-12-10-26/h1,3-4,6,8,13-14,18H,2,5,7,9-12H2,(H,24,29). The van der Waals surface area contributed by atoms with Crippen LogP contribution in [0.1, 0.15) is 24.4 Å². The molecule has 4 heterocycles. The summed E-state index contributed by atoms with van der Waals surface area (Å²) in [6.45, 7) is 3.05. The monoisotopic (exact) mass is 410 g/mol. The van der Waals surface area contributed by atoms with Crippen LogP contribution in [-0.2, 0) is 4.74 Å². The molecule has 2 aliphatic rings. The van der Waals surface area contributed by atoms with E-state index >= 15 is 0 Å². The van der Waals surface area contributed by atoms with E-state index < -0.39 is 0 Å². The van der Waals surface area contributed by atoms with E-state index in [1.54, 1.807) is 27.7 Å². The fourth-order valence-electron chi connectivity index (χ4n) is 4.17. The van der Waals surface area contributed by atoms with Gasteiger partial charge in [-0.25, -0.2) is 18.7 Å². The predicted octanol–water partition coefficient (Wildman–Crippen LogP) is 3.07. The van der Waals surface area contributed by atoms with Gasteiger partial charge >= 0.3 is 6.03 Å². The lowest BCUT2D eigenvalue weighted by Gasteiger charge is -2.27. The first-order valence-corrected chi connectivity index (χ1v) is 10.2. The second-order valence-corrected chi connectivity index (χ2v) is 7.55. The van der Waals surface area contributed by atoms with Gasteiger partial charge in [0, 0.05) is 25.8 Å². The molecule has 3 aromatic rings. The Morgan fingerprint density at radius 1 is 1.20 bits per heavy atom. The highest BCUT2D eigenvalue weighted by molar-refractivity contribution is 5.93. The minimum atomic E-state index is -0.230. The molecule has 1 aromatic carbocycles. The van der Waals surface area contributed by atoms with Gasteiger partial charge in [0.2, 0.25) is 0 Å². The quantitative estimate of drug-likeness (QED) is 0.718. The molecule has 0 saturated carbocycles. The summed E-state index contributed by atoms with van der Waals surface area (Å²) in [6.07, 6.45) is 5.39. The summed E-state index contributed by atoms with van der Waals surface area (Å²) in [6, 6.07) is 8.55. The fraction of sp³-hybridized carbons (Fsp3) is 0.381. The molecule has 2 saturated heterocycles. The Bertz CT molecular complexity index is 1060.